The number of amides is 1. The Morgan fingerprint density at radius 3 is 2.41 bits per heavy atom. The molecule has 1 fully saturated rings. The molecule has 1 aliphatic heterocycles. The molecule has 1 amide bonds. The summed E-state index contributed by atoms with van der Waals surface area (Å²) in [5, 5.41) is 11.0. The fourth-order valence-corrected chi connectivity index (χ4v) is 2.73. The Bertz CT molecular complexity index is 662. The van der Waals surface area contributed by atoms with Gasteiger partial charge in [0.05, 0.1) is 5.56 Å². The van der Waals surface area contributed by atoms with Crippen LogP contribution in [0.15, 0.2) is 48.8 Å². The highest BCUT2D eigenvalue weighted by molar-refractivity contribution is 5.94. The quantitative estimate of drug-likeness (QED) is 0.625. The molecule has 3 rings (SSSR count). The average Bonchev–Trinajstić information content (AvgIpc) is 2.55. The number of anilines is 1. The second-order valence-corrected chi connectivity index (χ2v) is 5.56. The lowest BCUT2D eigenvalue weighted by Crippen LogP contribution is -2.48. The number of aryl methyl sites for hydroxylation is 1. The molecule has 22 heavy (non-hydrogen) atoms. The molecule has 0 bridgehead atoms. The van der Waals surface area contributed by atoms with Crippen LogP contribution in [0.4, 0.5) is 5.69 Å². The molecule has 2 heterocycles. The molecule has 114 valence electrons. The second kappa shape index (κ2) is 6.05. The highest BCUT2D eigenvalue weighted by Crippen LogP contribution is 2.18. The van der Waals surface area contributed by atoms with Gasteiger partial charge in [0.25, 0.3) is 5.91 Å². The maximum Gasteiger partial charge on any atom is 0.254 e. The smallest absolute Gasteiger partial charge is 0.254 e. The minimum absolute atomic E-state index is 0.00973. The van der Waals surface area contributed by atoms with E-state index in [-0.39, 0.29) is 5.91 Å². The van der Waals surface area contributed by atoms with Crippen molar-refractivity contribution in [1.29, 1.82) is 0 Å². The number of benzene rings is 1. The molecule has 0 aliphatic carbocycles. The Balaban J connectivity index is 1.64. The predicted molar refractivity (Wildman–Crippen MR) is 84.7 cm³/mol. The molecule has 1 saturated heterocycles. The SMILES string of the molecule is Cc1cccc(N2CCN(C(=O)c3cc[n+]([O-])cc3)CC2)c1. The molecule has 5 nitrogen and oxygen atoms in total. The van der Waals surface area contributed by atoms with Crippen LogP contribution in [0.2, 0.25) is 0 Å². The third-order valence-corrected chi connectivity index (χ3v) is 3.98. The van der Waals surface area contributed by atoms with E-state index in [1.165, 1.54) is 23.6 Å². The van der Waals surface area contributed by atoms with Crippen molar-refractivity contribution in [2.45, 2.75) is 6.92 Å². The lowest BCUT2D eigenvalue weighted by Gasteiger charge is -2.36. The molecule has 0 spiro atoms. The Morgan fingerprint density at radius 1 is 1.09 bits per heavy atom. The van der Waals surface area contributed by atoms with Gasteiger partial charge in [0.15, 0.2) is 12.4 Å². The molecule has 5 heteroatoms. The maximum absolute atomic E-state index is 12.4. The van der Waals surface area contributed by atoms with Crippen molar-refractivity contribution >= 4 is 11.6 Å². The number of carbonyl (C=O) groups excluding carboxylic acids is 1. The number of rotatable bonds is 2. The zero-order valence-corrected chi connectivity index (χ0v) is 12.6. The lowest BCUT2D eigenvalue weighted by molar-refractivity contribution is -0.605. The monoisotopic (exact) mass is 297 g/mol. The standard InChI is InChI=1S/C17H19N3O2/c1-14-3-2-4-16(13-14)18-9-11-19(12-10-18)17(21)15-5-7-20(22)8-6-15/h2-8,13H,9-12H2,1H3. The van der Waals surface area contributed by atoms with E-state index in [1.807, 2.05) is 4.90 Å². The van der Waals surface area contributed by atoms with Gasteiger partial charge in [-0.25, -0.2) is 0 Å². The highest BCUT2D eigenvalue weighted by Gasteiger charge is 2.22. The van der Waals surface area contributed by atoms with E-state index in [0.717, 1.165) is 13.1 Å². The van der Waals surface area contributed by atoms with Gasteiger partial charge in [0.2, 0.25) is 0 Å². The lowest BCUT2D eigenvalue weighted by atomic mass is 10.1. The molecule has 1 aromatic heterocycles. The summed E-state index contributed by atoms with van der Waals surface area (Å²) in [6, 6.07) is 11.6. The van der Waals surface area contributed by atoms with Gasteiger partial charge >= 0.3 is 0 Å². The van der Waals surface area contributed by atoms with Gasteiger partial charge in [0.1, 0.15) is 0 Å². The Labute approximate surface area is 130 Å². The zero-order chi connectivity index (χ0) is 15.5. The van der Waals surface area contributed by atoms with E-state index in [9.17, 15) is 10.0 Å². The zero-order valence-electron chi connectivity index (χ0n) is 12.6. The van der Waals surface area contributed by atoms with Crippen molar-refractivity contribution in [3.63, 3.8) is 0 Å². The van der Waals surface area contributed by atoms with Gasteiger partial charge in [-0.15, -0.1) is 0 Å². The molecule has 1 aromatic carbocycles. The Hall–Kier alpha value is -2.56. The van der Waals surface area contributed by atoms with Gasteiger partial charge in [-0.3, -0.25) is 4.79 Å². The number of piperazine rings is 1. The van der Waals surface area contributed by atoms with Crippen molar-refractivity contribution in [2.24, 2.45) is 0 Å². The van der Waals surface area contributed by atoms with Gasteiger partial charge in [-0.2, -0.15) is 4.73 Å². The summed E-state index contributed by atoms with van der Waals surface area (Å²) in [5.74, 6) is -0.00973. The second-order valence-electron chi connectivity index (χ2n) is 5.56. The number of hydrogen-bond acceptors (Lipinski definition) is 3. The first-order valence-corrected chi connectivity index (χ1v) is 7.43. The summed E-state index contributed by atoms with van der Waals surface area (Å²) in [6.07, 6.45) is 2.71. The number of aromatic nitrogens is 1. The molecule has 0 saturated carbocycles. The minimum atomic E-state index is -0.00973. The first kappa shape index (κ1) is 14.4. The van der Waals surface area contributed by atoms with Crippen molar-refractivity contribution in [3.8, 4) is 0 Å². The first-order chi connectivity index (χ1) is 10.6. The van der Waals surface area contributed by atoms with Gasteiger partial charge in [0, 0.05) is 44.0 Å². The summed E-state index contributed by atoms with van der Waals surface area (Å²) in [5.41, 5.74) is 3.02. The third kappa shape index (κ3) is 3.03. The maximum atomic E-state index is 12.4. The van der Waals surface area contributed by atoms with Crippen LogP contribution in [0, 0.1) is 12.1 Å². The van der Waals surface area contributed by atoms with E-state index < -0.39 is 0 Å². The molecular weight excluding hydrogens is 278 g/mol. The van der Waals surface area contributed by atoms with Gasteiger partial charge in [-0.05, 0) is 24.6 Å². The first-order valence-electron chi connectivity index (χ1n) is 7.43. The number of nitrogens with zero attached hydrogens (tertiary/aromatic N) is 3. The van der Waals surface area contributed by atoms with E-state index >= 15 is 0 Å². The van der Waals surface area contributed by atoms with E-state index in [0.29, 0.717) is 23.4 Å². The number of hydrogen-bond donors (Lipinski definition) is 0. The molecule has 0 atom stereocenters. The topological polar surface area (TPSA) is 50.5 Å². The van der Waals surface area contributed by atoms with Crippen molar-refractivity contribution in [1.82, 2.24) is 4.90 Å². The van der Waals surface area contributed by atoms with Crippen LogP contribution in [0.1, 0.15) is 15.9 Å². The van der Waals surface area contributed by atoms with Crippen LogP contribution in [-0.2, 0) is 0 Å². The van der Waals surface area contributed by atoms with Crippen LogP contribution in [0.25, 0.3) is 0 Å². The number of carbonyl (C=O) groups is 1. The summed E-state index contributed by atoms with van der Waals surface area (Å²) in [6.45, 7) is 5.12. The van der Waals surface area contributed by atoms with Crippen LogP contribution in [-0.4, -0.2) is 37.0 Å². The number of pyridine rings is 1. The minimum Gasteiger partial charge on any atom is -0.619 e. The normalized spacial score (nSPS) is 15.0. The van der Waals surface area contributed by atoms with E-state index in [1.54, 1.807) is 12.1 Å². The average molecular weight is 297 g/mol. The predicted octanol–water partition coefficient (Wildman–Crippen LogP) is 1.59. The Kier molecular flexibility index (Phi) is 3.96. The molecular formula is C17H19N3O2. The van der Waals surface area contributed by atoms with Gasteiger partial charge < -0.3 is 15.0 Å². The van der Waals surface area contributed by atoms with Crippen LogP contribution in [0.3, 0.4) is 0 Å². The summed E-state index contributed by atoms with van der Waals surface area (Å²) in [7, 11) is 0. The summed E-state index contributed by atoms with van der Waals surface area (Å²) < 4.78 is 0.687. The molecule has 1 aliphatic rings. The largest absolute Gasteiger partial charge is 0.619 e. The fraction of sp³-hybridized carbons (Fsp3) is 0.294. The molecule has 0 N–H and O–H groups in total. The van der Waals surface area contributed by atoms with Crippen molar-refractivity contribution < 1.29 is 9.52 Å². The summed E-state index contributed by atoms with van der Waals surface area (Å²) in [4.78, 5) is 16.5. The van der Waals surface area contributed by atoms with Gasteiger partial charge in [-0.1, -0.05) is 12.1 Å². The fourth-order valence-electron chi connectivity index (χ4n) is 2.73. The van der Waals surface area contributed by atoms with E-state index in [4.69, 9.17) is 0 Å². The molecule has 0 radical (unpaired) electrons. The van der Waals surface area contributed by atoms with Crippen LogP contribution >= 0.6 is 0 Å². The molecule has 0 unspecified atom stereocenters. The highest BCUT2D eigenvalue weighted by atomic mass is 16.5. The summed E-state index contributed by atoms with van der Waals surface area (Å²) >= 11 is 0. The van der Waals surface area contributed by atoms with Crippen molar-refractivity contribution in [3.05, 3.63) is 65.1 Å². The Morgan fingerprint density at radius 2 is 1.77 bits per heavy atom. The molecule has 2 aromatic rings. The van der Waals surface area contributed by atoms with E-state index in [2.05, 4.69) is 36.1 Å². The van der Waals surface area contributed by atoms with Crippen LogP contribution < -0.4 is 9.63 Å². The van der Waals surface area contributed by atoms with Crippen LogP contribution in [0.5, 0.6) is 0 Å². The van der Waals surface area contributed by atoms with Crippen molar-refractivity contribution in [2.75, 3.05) is 31.1 Å². The third-order valence-electron chi connectivity index (χ3n) is 3.98.